The summed E-state index contributed by atoms with van der Waals surface area (Å²) in [5, 5.41) is 0. The summed E-state index contributed by atoms with van der Waals surface area (Å²) in [5.41, 5.74) is 0.429. The van der Waals surface area contributed by atoms with E-state index in [9.17, 15) is 4.79 Å². The van der Waals surface area contributed by atoms with E-state index in [0.717, 1.165) is 16.9 Å². The minimum Gasteiger partial charge on any atom is -0.462 e. The van der Waals surface area contributed by atoms with Gasteiger partial charge in [-0.3, -0.25) is 0 Å². The van der Waals surface area contributed by atoms with Crippen molar-refractivity contribution in [1.82, 2.24) is 0 Å². The third-order valence-corrected chi connectivity index (χ3v) is 2.61. The Morgan fingerprint density at radius 3 is 2.77 bits per heavy atom. The summed E-state index contributed by atoms with van der Waals surface area (Å²) in [6.45, 7) is 6.09. The smallest absolute Gasteiger partial charge is 0.333 e. The van der Waals surface area contributed by atoms with Gasteiger partial charge in [-0.1, -0.05) is 6.58 Å². The molecular weight excluding hydrogens is 204 g/mol. The number of hydrogen-bond acceptors (Lipinski definition) is 4. The van der Waals surface area contributed by atoms with E-state index < -0.39 is 10.0 Å². The third kappa shape index (κ3) is 7.91. The van der Waals surface area contributed by atoms with Gasteiger partial charge in [-0.15, -0.1) is 0 Å². The molecule has 0 bridgehead atoms. The Kier molecular flexibility index (Phi) is 7.90. The SMILES string of the molecule is C=C(C)C(=O)OCCCO[SiH2]O[SiH3]. The molecule has 13 heavy (non-hydrogen) atoms. The van der Waals surface area contributed by atoms with Gasteiger partial charge in [-0.2, -0.15) is 0 Å². The molecule has 0 aromatic heterocycles. The molecule has 0 N–H and O–H groups in total. The van der Waals surface area contributed by atoms with E-state index in [-0.39, 0.29) is 5.97 Å². The normalized spacial score (nSPS) is 10.8. The van der Waals surface area contributed by atoms with Crippen molar-refractivity contribution in [2.45, 2.75) is 13.3 Å². The first-order valence-corrected chi connectivity index (χ1v) is 6.05. The molecule has 0 radical (unpaired) electrons. The van der Waals surface area contributed by atoms with Gasteiger partial charge in [0.25, 0.3) is 10.0 Å². The Bertz CT molecular complexity index is 172. The van der Waals surface area contributed by atoms with Crippen molar-refractivity contribution < 1.29 is 18.1 Å². The maximum absolute atomic E-state index is 10.9. The Balaban J connectivity index is 3.16. The Morgan fingerprint density at radius 2 is 2.23 bits per heavy atom. The van der Waals surface area contributed by atoms with Crippen molar-refractivity contribution in [3.8, 4) is 0 Å². The molecular formula is C7H16O4Si2. The van der Waals surface area contributed by atoms with Crippen LogP contribution in [-0.2, 0) is 18.1 Å². The number of rotatable bonds is 7. The highest BCUT2D eigenvalue weighted by atomic mass is 28.3. The van der Waals surface area contributed by atoms with Gasteiger partial charge in [-0.25, -0.2) is 4.79 Å². The van der Waals surface area contributed by atoms with Crippen LogP contribution in [0.4, 0.5) is 0 Å². The topological polar surface area (TPSA) is 44.8 Å². The monoisotopic (exact) mass is 220 g/mol. The zero-order valence-electron chi connectivity index (χ0n) is 8.17. The van der Waals surface area contributed by atoms with E-state index in [1.165, 1.54) is 0 Å². The van der Waals surface area contributed by atoms with Gasteiger partial charge in [0.1, 0.15) is 10.5 Å². The van der Waals surface area contributed by atoms with Crippen molar-refractivity contribution in [3.63, 3.8) is 0 Å². The van der Waals surface area contributed by atoms with Crippen molar-refractivity contribution in [2.24, 2.45) is 0 Å². The summed E-state index contributed by atoms with van der Waals surface area (Å²) in [7, 11) is 0.00505. The zero-order valence-corrected chi connectivity index (χ0v) is 11.6. The molecule has 0 aliphatic heterocycles. The molecule has 0 atom stereocenters. The van der Waals surface area contributed by atoms with Crippen LogP contribution in [0.1, 0.15) is 13.3 Å². The van der Waals surface area contributed by atoms with Gasteiger partial charge in [0.05, 0.1) is 6.61 Å². The fraction of sp³-hybridized carbons (Fsp3) is 0.571. The summed E-state index contributed by atoms with van der Waals surface area (Å²) in [4.78, 5) is 10.9. The summed E-state index contributed by atoms with van der Waals surface area (Å²) < 4.78 is 15.0. The van der Waals surface area contributed by atoms with Gasteiger partial charge in [0, 0.05) is 18.6 Å². The quantitative estimate of drug-likeness (QED) is 0.234. The van der Waals surface area contributed by atoms with E-state index >= 15 is 0 Å². The van der Waals surface area contributed by atoms with E-state index in [1.54, 1.807) is 6.92 Å². The standard InChI is InChI=1S/C7H16O4Si2/c1-6(2)7(8)9-4-3-5-10-13-11-12/h1,3-5,13H2,2,12H3. The lowest BCUT2D eigenvalue weighted by Crippen LogP contribution is -2.10. The molecule has 0 aliphatic carbocycles. The second-order valence-corrected chi connectivity index (χ2v) is 5.54. The van der Waals surface area contributed by atoms with E-state index in [4.69, 9.17) is 13.3 Å². The largest absolute Gasteiger partial charge is 0.462 e. The molecule has 0 aliphatic rings. The van der Waals surface area contributed by atoms with Crippen molar-refractivity contribution in [3.05, 3.63) is 12.2 Å². The predicted octanol–water partition coefficient (Wildman–Crippen LogP) is -1.19. The lowest BCUT2D eigenvalue weighted by atomic mass is 10.4. The van der Waals surface area contributed by atoms with Crippen molar-refractivity contribution >= 4 is 26.5 Å². The first kappa shape index (κ1) is 12.6. The molecule has 0 saturated carbocycles. The number of hydrogen-bond donors (Lipinski definition) is 0. The number of esters is 1. The Morgan fingerprint density at radius 1 is 1.54 bits per heavy atom. The minimum absolute atomic E-state index is 0.337. The lowest BCUT2D eigenvalue weighted by Gasteiger charge is -2.04. The zero-order chi connectivity index (χ0) is 10.1. The van der Waals surface area contributed by atoms with Gasteiger partial charge in [0.2, 0.25) is 0 Å². The summed E-state index contributed by atoms with van der Waals surface area (Å²) in [6.07, 6.45) is 0.719. The van der Waals surface area contributed by atoms with Crippen LogP contribution < -0.4 is 0 Å². The fourth-order valence-corrected chi connectivity index (χ4v) is 1.58. The van der Waals surface area contributed by atoms with Crippen LogP contribution in [0.5, 0.6) is 0 Å². The molecule has 4 nitrogen and oxygen atoms in total. The molecule has 0 aromatic carbocycles. The summed E-state index contributed by atoms with van der Waals surface area (Å²) >= 11 is 0. The molecule has 0 spiro atoms. The molecule has 0 fully saturated rings. The highest BCUT2D eigenvalue weighted by Crippen LogP contribution is 1.93. The van der Waals surface area contributed by atoms with Gasteiger partial charge < -0.3 is 13.3 Å². The average Bonchev–Trinajstić information content (AvgIpc) is 2.10. The second kappa shape index (κ2) is 8.18. The lowest BCUT2D eigenvalue weighted by molar-refractivity contribution is -0.139. The molecule has 0 rings (SSSR count). The second-order valence-electron chi connectivity index (χ2n) is 2.58. The maximum Gasteiger partial charge on any atom is 0.333 e. The summed E-state index contributed by atoms with van der Waals surface area (Å²) in [6, 6.07) is 0. The summed E-state index contributed by atoms with van der Waals surface area (Å²) in [5.74, 6) is -0.337. The number of ether oxygens (including phenoxy) is 1. The van der Waals surface area contributed by atoms with Crippen molar-refractivity contribution in [2.75, 3.05) is 13.2 Å². The molecule has 0 heterocycles. The van der Waals surface area contributed by atoms with E-state index in [2.05, 4.69) is 6.58 Å². The molecule has 0 unspecified atom stereocenters. The van der Waals surface area contributed by atoms with Crippen LogP contribution in [0.15, 0.2) is 12.2 Å². The number of carbonyl (C=O) groups excluding carboxylic acids is 1. The fourth-order valence-electron chi connectivity index (χ4n) is 0.591. The first-order chi connectivity index (χ1) is 6.18. The molecule has 76 valence electrons. The molecule has 0 aromatic rings. The number of carbonyl (C=O) groups is 1. The minimum atomic E-state index is -0.738. The molecule has 0 saturated heterocycles. The molecule has 6 heteroatoms. The van der Waals surface area contributed by atoms with Gasteiger partial charge in [-0.05, 0) is 6.92 Å². The highest BCUT2D eigenvalue weighted by Gasteiger charge is 2.01. The third-order valence-electron chi connectivity index (χ3n) is 1.22. The van der Waals surface area contributed by atoms with E-state index in [1.807, 2.05) is 0 Å². The van der Waals surface area contributed by atoms with Gasteiger partial charge in [0.15, 0.2) is 0 Å². The molecule has 0 amide bonds. The van der Waals surface area contributed by atoms with Crippen LogP contribution in [0.3, 0.4) is 0 Å². The van der Waals surface area contributed by atoms with Crippen LogP contribution in [0.2, 0.25) is 0 Å². The first-order valence-electron chi connectivity index (χ1n) is 4.07. The highest BCUT2D eigenvalue weighted by molar-refractivity contribution is 6.27. The predicted molar refractivity (Wildman–Crippen MR) is 55.9 cm³/mol. The van der Waals surface area contributed by atoms with Crippen LogP contribution >= 0.6 is 0 Å². The van der Waals surface area contributed by atoms with Crippen LogP contribution in [0.25, 0.3) is 0 Å². The average molecular weight is 220 g/mol. The maximum atomic E-state index is 10.9. The van der Waals surface area contributed by atoms with Crippen LogP contribution in [0, 0.1) is 0 Å². The Hall–Kier alpha value is -0.436. The van der Waals surface area contributed by atoms with Crippen molar-refractivity contribution in [1.29, 1.82) is 0 Å². The van der Waals surface area contributed by atoms with Gasteiger partial charge >= 0.3 is 5.97 Å². The van der Waals surface area contributed by atoms with E-state index in [0.29, 0.717) is 18.8 Å². The Labute approximate surface area is 83.9 Å². The van der Waals surface area contributed by atoms with Crippen LogP contribution in [-0.4, -0.2) is 39.7 Å².